The summed E-state index contributed by atoms with van der Waals surface area (Å²) >= 11 is 0. The minimum Gasteiger partial charge on any atom is -0.382 e. The van der Waals surface area contributed by atoms with Crippen LogP contribution in [-0.2, 0) is 0 Å². The van der Waals surface area contributed by atoms with Gasteiger partial charge in [-0.05, 0) is 44.7 Å². The Hall–Kier alpha value is -2.21. The van der Waals surface area contributed by atoms with Gasteiger partial charge < -0.3 is 11.1 Å². The van der Waals surface area contributed by atoms with E-state index in [4.69, 9.17) is 5.73 Å². The molecule has 116 valence electrons. The number of nitrogens with zero attached hydrogens (tertiary/aromatic N) is 2. The Labute approximate surface area is 128 Å². The third kappa shape index (κ3) is 2.74. The van der Waals surface area contributed by atoms with Gasteiger partial charge in [-0.15, -0.1) is 0 Å². The Morgan fingerprint density at radius 1 is 1.45 bits per heavy atom. The number of nitrogens with two attached hydrogens (primary N) is 1. The molecule has 0 amide bonds. The normalized spacial score (nSPS) is 21.2. The molecule has 0 aliphatic heterocycles. The maximum Gasteiger partial charge on any atom is 0.295 e. The lowest BCUT2D eigenvalue weighted by molar-refractivity contribution is -0.383. The van der Waals surface area contributed by atoms with Gasteiger partial charge in [0, 0.05) is 28.9 Å². The number of nitro groups is 1. The highest BCUT2D eigenvalue weighted by molar-refractivity contribution is 5.96. The molecule has 0 radical (unpaired) electrons. The van der Waals surface area contributed by atoms with Crippen molar-refractivity contribution in [2.45, 2.75) is 32.2 Å². The van der Waals surface area contributed by atoms with Gasteiger partial charge in [0.1, 0.15) is 0 Å². The highest BCUT2D eigenvalue weighted by Crippen LogP contribution is 2.33. The zero-order chi connectivity index (χ0) is 15.7. The van der Waals surface area contributed by atoms with Gasteiger partial charge in [0.15, 0.2) is 5.52 Å². The van der Waals surface area contributed by atoms with Gasteiger partial charge in [-0.1, -0.05) is 12.1 Å². The molecular weight excluding hydrogens is 280 g/mol. The number of nitro benzene ring substituents is 1. The number of aryl methyl sites for hydroxylation is 1. The first-order valence-electron chi connectivity index (χ1n) is 7.60. The van der Waals surface area contributed by atoms with Gasteiger partial charge in [0.2, 0.25) is 0 Å². The smallest absolute Gasteiger partial charge is 0.295 e. The number of anilines is 1. The fraction of sp³-hybridized carbons (Fsp3) is 0.438. The summed E-state index contributed by atoms with van der Waals surface area (Å²) in [6.07, 6.45) is 3.27. The van der Waals surface area contributed by atoms with Crippen molar-refractivity contribution in [1.29, 1.82) is 0 Å². The highest BCUT2D eigenvalue weighted by atomic mass is 16.6. The Morgan fingerprint density at radius 3 is 2.95 bits per heavy atom. The topological polar surface area (TPSA) is 94.1 Å². The number of aromatic nitrogens is 1. The molecule has 1 aromatic heterocycles. The molecule has 6 nitrogen and oxygen atoms in total. The second-order valence-electron chi connectivity index (χ2n) is 6.00. The molecule has 6 heteroatoms. The predicted octanol–water partition coefficient (Wildman–Crippen LogP) is 2.99. The number of rotatable bonds is 4. The fourth-order valence-electron chi connectivity index (χ4n) is 3.27. The van der Waals surface area contributed by atoms with E-state index < -0.39 is 0 Å². The number of nitrogens with one attached hydrogen (secondary N) is 1. The molecule has 2 aromatic rings. The molecule has 2 unspecified atom stereocenters. The van der Waals surface area contributed by atoms with Crippen molar-refractivity contribution in [3.8, 4) is 0 Å². The number of benzene rings is 1. The van der Waals surface area contributed by atoms with Crippen LogP contribution in [0.25, 0.3) is 10.9 Å². The van der Waals surface area contributed by atoms with Crippen LogP contribution in [-0.4, -0.2) is 22.5 Å². The first-order valence-corrected chi connectivity index (χ1v) is 7.60. The van der Waals surface area contributed by atoms with Crippen LogP contribution < -0.4 is 11.1 Å². The molecule has 0 bridgehead atoms. The van der Waals surface area contributed by atoms with E-state index >= 15 is 0 Å². The quantitative estimate of drug-likeness (QED) is 0.668. The van der Waals surface area contributed by atoms with E-state index in [0.29, 0.717) is 17.5 Å². The lowest BCUT2D eigenvalue weighted by Gasteiger charge is -2.16. The van der Waals surface area contributed by atoms with Crippen LogP contribution in [0.2, 0.25) is 0 Å². The third-order valence-corrected chi connectivity index (χ3v) is 4.38. The number of fused-ring (bicyclic) bond motifs is 1. The first-order chi connectivity index (χ1) is 10.6. The Kier molecular flexibility index (Phi) is 3.94. The van der Waals surface area contributed by atoms with Crippen molar-refractivity contribution in [3.63, 3.8) is 0 Å². The Balaban J connectivity index is 1.99. The summed E-state index contributed by atoms with van der Waals surface area (Å²) < 4.78 is 0. The Morgan fingerprint density at radius 2 is 2.27 bits per heavy atom. The predicted molar refractivity (Wildman–Crippen MR) is 86.9 cm³/mol. The summed E-state index contributed by atoms with van der Waals surface area (Å²) in [5.41, 5.74) is 7.94. The molecule has 1 saturated carbocycles. The molecule has 1 aliphatic carbocycles. The van der Waals surface area contributed by atoms with Gasteiger partial charge in [0.05, 0.1) is 4.92 Å². The third-order valence-electron chi connectivity index (χ3n) is 4.38. The highest BCUT2D eigenvalue weighted by Gasteiger charge is 2.24. The van der Waals surface area contributed by atoms with Crippen LogP contribution in [0.15, 0.2) is 24.3 Å². The van der Waals surface area contributed by atoms with E-state index in [-0.39, 0.29) is 10.6 Å². The van der Waals surface area contributed by atoms with Crippen molar-refractivity contribution in [1.82, 2.24) is 4.98 Å². The molecule has 0 saturated heterocycles. The minimum atomic E-state index is -0.376. The van der Waals surface area contributed by atoms with Crippen LogP contribution in [0.1, 0.15) is 25.0 Å². The van der Waals surface area contributed by atoms with E-state index in [1.807, 2.05) is 19.1 Å². The van der Waals surface area contributed by atoms with Gasteiger partial charge in [0.25, 0.3) is 5.69 Å². The number of pyridine rings is 1. The summed E-state index contributed by atoms with van der Waals surface area (Å²) in [7, 11) is 0. The molecule has 3 N–H and O–H groups in total. The van der Waals surface area contributed by atoms with Crippen LogP contribution in [0.5, 0.6) is 0 Å². The van der Waals surface area contributed by atoms with Crippen molar-refractivity contribution in [2.24, 2.45) is 11.7 Å². The lowest BCUT2D eigenvalue weighted by atomic mass is 10.1. The molecule has 22 heavy (non-hydrogen) atoms. The summed E-state index contributed by atoms with van der Waals surface area (Å²) in [6.45, 7) is 2.58. The second kappa shape index (κ2) is 5.88. The van der Waals surface area contributed by atoms with Gasteiger partial charge in [-0.2, -0.15) is 0 Å². The number of para-hydroxylation sites is 1. The zero-order valence-electron chi connectivity index (χ0n) is 12.6. The first kappa shape index (κ1) is 14.7. The molecule has 1 fully saturated rings. The number of hydrogen-bond acceptors (Lipinski definition) is 5. The average Bonchev–Trinajstić information content (AvgIpc) is 2.94. The molecule has 1 aliphatic rings. The largest absolute Gasteiger partial charge is 0.382 e. The van der Waals surface area contributed by atoms with Gasteiger partial charge in [-0.25, -0.2) is 4.98 Å². The molecular formula is C16H20N4O2. The molecule has 2 atom stereocenters. The molecule has 3 rings (SSSR count). The van der Waals surface area contributed by atoms with Crippen molar-refractivity contribution in [3.05, 3.63) is 40.1 Å². The SMILES string of the molecule is Cc1cc(NC2CCC(CN)C2)c2cccc([N+](=O)[O-])c2n1. The van der Waals surface area contributed by atoms with E-state index in [1.54, 1.807) is 6.07 Å². The monoisotopic (exact) mass is 300 g/mol. The van der Waals surface area contributed by atoms with E-state index in [0.717, 1.165) is 42.6 Å². The van der Waals surface area contributed by atoms with E-state index in [1.165, 1.54) is 6.07 Å². The van der Waals surface area contributed by atoms with Crippen molar-refractivity contribution in [2.75, 3.05) is 11.9 Å². The summed E-state index contributed by atoms with van der Waals surface area (Å²) in [5.74, 6) is 0.570. The standard InChI is InChI=1S/C16H20N4O2/c1-10-7-14(19-12-6-5-11(8-12)9-17)13-3-2-4-15(20(21)22)16(13)18-10/h2-4,7,11-12H,5-6,8-9,17H2,1H3,(H,18,19). The zero-order valence-corrected chi connectivity index (χ0v) is 12.6. The summed E-state index contributed by atoms with van der Waals surface area (Å²) in [5, 5.41) is 15.5. The average molecular weight is 300 g/mol. The minimum absolute atomic E-state index is 0.0514. The van der Waals surface area contributed by atoms with E-state index in [9.17, 15) is 10.1 Å². The lowest BCUT2D eigenvalue weighted by Crippen LogP contribution is -2.18. The maximum absolute atomic E-state index is 11.2. The summed E-state index contributed by atoms with van der Waals surface area (Å²) in [6, 6.07) is 7.42. The van der Waals surface area contributed by atoms with Crippen molar-refractivity contribution >= 4 is 22.3 Å². The van der Waals surface area contributed by atoms with Crippen LogP contribution in [0.4, 0.5) is 11.4 Å². The van der Waals surface area contributed by atoms with E-state index in [2.05, 4.69) is 10.3 Å². The molecule has 1 aromatic carbocycles. The Bertz CT molecular complexity index is 717. The molecule has 0 spiro atoms. The molecule has 1 heterocycles. The maximum atomic E-state index is 11.2. The second-order valence-corrected chi connectivity index (χ2v) is 6.00. The van der Waals surface area contributed by atoms with Crippen LogP contribution in [0, 0.1) is 23.0 Å². The number of hydrogen-bond donors (Lipinski definition) is 2. The van der Waals surface area contributed by atoms with Gasteiger partial charge in [-0.3, -0.25) is 10.1 Å². The van der Waals surface area contributed by atoms with Crippen LogP contribution in [0.3, 0.4) is 0 Å². The van der Waals surface area contributed by atoms with Gasteiger partial charge >= 0.3 is 0 Å². The summed E-state index contributed by atoms with van der Waals surface area (Å²) in [4.78, 5) is 15.2. The number of non-ortho nitro benzene ring substituents is 1. The van der Waals surface area contributed by atoms with Crippen LogP contribution >= 0.6 is 0 Å². The fourth-order valence-corrected chi connectivity index (χ4v) is 3.27. The van der Waals surface area contributed by atoms with Crippen molar-refractivity contribution < 1.29 is 4.92 Å².